The predicted molar refractivity (Wildman–Crippen MR) is 97.2 cm³/mol. The van der Waals surface area contributed by atoms with Gasteiger partial charge in [0.15, 0.2) is 10.3 Å². The maximum absolute atomic E-state index is 12.4. The van der Waals surface area contributed by atoms with Gasteiger partial charge in [-0.25, -0.2) is 4.98 Å². The van der Waals surface area contributed by atoms with Crippen molar-refractivity contribution in [3.05, 3.63) is 41.5 Å². The van der Waals surface area contributed by atoms with Crippen LogP contribution in [0.25, 0.3) is 11.3 Å². The number of carbonyl (C=O) groups is 1. The number of nitrogens with one attached hydrogen (secondary N) is 1. The number of thiazole rings is 1. The zero-order valence-electron chi connectivity index (χ0n) is 13.6. The van der Waals surface area contributed by atoms with Gasteiger partial charge >= 0.3 is 0 Å². The Hall–Kier alpha value is -2.19. The molecule has 124 valence electrons. The van der Waals surface area contributed by atoms with Crippen molar-refractivity contribution in [1.29, 1.82) is 0 Å². The molecule has 1 atom stereocenters. The van der Waals surface area contributed by atoms with E-state index in [4.69, 9.17) is 0 Å². The van der Waals surface area contributed by atoms with Crippen LogP contribution in [0.2, 0.25) is 0 Å². The molecule has 0 aliphatic carbocycles. The summed E-state index contributed by atoms with van der Waals surface area (Å²) in [4.78, 5) is 16.8. The lowest BCUT2D eigenvalue weighted by Gasteiger charge is -2.09. The maximum atomic E-state index is 12.4. The van der Waals surface area contributed by atoms with E-state index >= 15 is 0 Å². The van der Waals surface area contributed by atoms with Crippen molar-refractivity contribution in [2.24, 2.45) is 7.05 Å². The molecule has 1 aromatic carbocycles. The first kappa shape index (κ1) is 16.7. The van der Waals surface area contributed by atoms with E-state index in [9.17, 15) is 4.79 Å². The molecule has 0 aliphatic rings. The first-order valence-corrected chi connectivity index (χ1v) is 9.15. The first-order chi connectivity index (χ1) is 11.5. The number of amides is 1. The number of aromatic nitrogens is 4. The largest absolute Gasteiger partial charge is 0.309 e. The van der Waals surface area contributed by atoms with Gasteiger partial charge in [0.2, 0.25) is 5.91 Å². The van der Waals surface area contributed by atoms with E-state index in [1.807, 2.05) is 61.2 Å². The zero-order chi connectivity index (χ0) is 17.1. The third-order valence-electron chi connectivity index (χ3n) is 3.51. The van der Waals surface area contributed by atoms with E-state index in [-0.39, 0.29) is 11.2 Å². The molecule has 0 saturated carbocycles. The molecule has 0 spiro atoms. The van der Waals surface area contributed by atoms with E-state index < -0.39 is 0 Å². The molecule has 1 amide bonds. The third kappa shape index (κ3) is 3.65. The normalized spacial score (nSPS) is 12.1. The van der Waals surface area contributed by atoms with E-state index in [2.05, 4.69) is 20.5 Å². The highest BCUT2D eigenvalue weighted by atomic mass is 32.2. The molecule has 0 unspecified atom stereocenters. The van der Waals surface area contributed by atoms with Gasteiger partial charge in [-0.2, -0.15) is 0 Å². The van der Waals surface area contributed by atoms with Crippen LogP contribution in [-0.2, 0) is 11.8 Å². The van der Waals surface area contributed by atoms with E-state index in [0.717, 1.165) is 22.2 Å². The Morgan fingerprint density at radius 1 is 1.29 bits per heavy atom. The fraction of sp³-hybridized carbons (Fsp3) is 0.250. The van der Waals surface area contributed by atoms with Crippen molar-refractivity contribution in [2.45, 2.75) is 24.3 Å². The Balaban J connectivity index is 1.64. The number of carbonyl (C=O) groups excluding carboxylic acids is 1. The van der Waals surface area contributed by atoms with Gasteiger partial charge in [-0.15, -0.1) is 21.5 Å². The Bertz CT molecular complexity index is 843. The summed E-state index contributed by atoms with van der Waals surface area (Å²) in [5, 5.41) is 13.9. The predicted octanol–water partition coefficient (Wildman–Crippen LogP) is 3.37. The number of nitrogens with zero attached hydrogens (tertiary/aromatic N) is 4. The summed E-state index contributed by atoms with van der Waals surface area (Å²) in [7, 11) is 1.88. The molecule has 1 N–H and O–H groups in total. The van der Waals surface area contributed by atoms with Crippen LogP contribution in [0.4, 0.5) is 5.13 Å². The zero-order valence-corrected chi connectivity index (χ0v) is 15.2. The van der Waals surface area contributed by atoms with Crippen LogP contribution in [0.3, 0.4) is 0 Å². The van der Waals surface area contributed by atoms with Crippen LogP contribution >= 0.6 is 23.1 Å². The van der Waals surface area contributed by atoms with Crippen molar-refractivity contribution in [1.82, 2.24) is 19.7 Å². The standard InChI is InChI=1S/C16H17N5OS2/c1-10(24-16-20-19-11(2)21(16)3)14(22)18-15-17-13(9-23-15)12-7-5-4-6-8-12/h4-10H,1-3H3,(H,17,18,22)/t10-/m0/s1. The average Bonchev–Trinajstić information content (AvgIpc) is 3.17. The number of aryl methyl sites for hydroxylation is 1. The molecule has 8 heteroatoms. The molecule has 6 nitrogen and oxygen atoms in total. The number of rotatable bonds is 5. The number of hydrogen-bond acceptors (Lipinski definition) is 6. The summed E-state index contributed by atoms with van der Waals surface area (Å²) in [5.41, 5.74) is 1.89. The molecule has 3 aromatic rings. The van der Waals surface area contributed by atoms with Crippen LogP contribution in [0.1, 0.15) is 12.7 Å². The molecule has 0 radical (unpaired) electrons. The highest BCUT2D eigenvalue weighted by Gasteiger charge is 2.19. The van der Waals surface area contributed by atoms with Gasteiger partial charge in [-0.05, 0) is 13.8 Å². The van der Waals surface area contributed by atoms with Crippen molar-refractivity contribution in [2.75, 3.05) is 5.32 Å². The molecule has 0 fully saturated rings. The first-order valence-electron chi connectivity index (χ1n) is 7.39. The van der Waals surface area contributed by atoms with Crippen LogP contribution in [-0.4, -0.2) is 30.9 Å². The Morgan fingerprint density at radius 2 is 2.04 bits per heavy atom. The summed E-state index contributed by atoms with van der Waals surface area (Å²) < 4.78 is 1.87. The second kappa shape index (κ2) is 7.14. The van der Waals surface area contributed by atoms with Gasteiger partial charge in [-0.3, -0.25) is 4.79 Å². The van der Waals surface area contributed by atoms with E-state index in [1.165, 1.54) is 23.1 Å². The smallest absolute Gasteiger partial charge is 0.239 e. The van der Waals surface area contributed by atoms with Crippen molar-refractivity contribution in [3.63, 3.8) is 0 Å². The summed E-state index contributed by atoms with van der Waals surface area (Å²) in [6.45, 7) is 3.72. The van der Waals surface area contributed by atoms with Gasteiger partial charge in [-0.1, -0.05) is 42.1 Å². The summed E-state index contributed by atoms with van der Waals surface area (Å²) >= 11 is 2.79. The second-order valence-corrected chi connectivity index (χ2v) is 7.41. The molecular weight excluding hydrogens is 342 g/mol. The molecule has 2 heterocycles. The van der Waals surface area contributed by atoms with Gasteiger partial charge in [0.25, 0.3) is 0 Å². The number of benzene rings is 1. The molecule has 24 heavy (non-hydrogen) atoms. The monoisotopic (exact) mass is 359 g/mol. The van der Waals surface area contributed by atoms with Crippen LogP contribution < -0.4 is 5.32 Å². The molecule has 3 rings (SSSR count). The Kier molecular flexibility index (Phi) is 4.96. The van der Waals surface area contributed by atoms with Crippen LogP contribution in [0.15, 0.2) is 40.9 Å². The minimum atomic E-state index is -0.295. The quantitative estimate of drug-likeness (QED) is 0.707. The molecular formula is C16H17N5OS2. The molecule has 0 saturated heterocycles. The summed E-state index contributed by atoms with van der Waals surface area (Å²) in [6.07, 6.45) is 0. The number of hydrogen-bond donors (Lipinski definition) is 1. The Morgan fingerprint density at radius 3 is 2.71 bits per heavy atom. The lowest BCUT2D eigenvalue weighted by Crippen LogP contribution is -2.22. The van der Waals surface area contributed by atoms with E-state index in [1.54, 1.807) is 0 Å². The third-order valence-corrected chi connectivity index (χ3v) is 5.40. The minimum absolute atomic E-state index is 0.102. The van der Waals surface area contributed by atoms with E-state index in [0.29, 0.717) is 5.13 Å². The van der Waals surface area contributed by atoms with Gasteiger partial charge in [0, 0.05) is 18.0 Å². The minimum Gasteiger partial charge on any atom is -0.309 e. The fourth-order valence-electron chi connectivity index (χ4n) is 1.98. The number of anilines is 1. The van der Waals surface area contributed by atoms with Gasteiger partial charge in [0.1, 0.15) is 5.82 Å². The lowest BCUT2D eigenvalue weighted by molar-refractivity contribution is -0.115. The summed E-state index contributed by atoms with van der Waals surface area (Å²) in [6, 6.07) is 9.89. The molecule has 0 aliphatic heterocycles. The van der Waals surface area contributed by atoms with Crippen molar-refractivity contribution < 1.29 is 4.79 Å². The topological polar surface area (TPSA) is 72.7 Å². The van der Waals surface area contributed by atoms with Gasteiger partial charge in [0.05, 0.1) is 10.9 Å². The molecule has 0 bridgehead atoms. The number of thioether (sulfide) groups is 1. The van der Waals surface area contributed by atoms with Crippen LogP contribution in [0.5, 0.6) is 0 Å². The fourth-order valence-corrected chi connectivity index (χ4v) is 3.56. The average molecular weight is 359 g/mol. The highest BCUT2D eigenvalue weighted by Crippen LogP contribution is 2.26. The Labute approximate surface area is 148 Å². The lowest BCUT2D eigenvalue weighted by atomic mass is 10.2. The van der Waals surface area contributed by atoms with Crippen LogP contribution in [0, 0.1) is 6.92 Å². The summed E-state index contributed by atoms with van der Waals surface area (Å²) in [5.74, 6) is 0.715. The molecule has 2 aromatic heterocycles. The van der Waals surface area contributed by atoms with Crippen molar-refractivity contribution in [3.8, 4) is 11.3 Å². The van der Waals surface area contributed by atoms with Crippen molar-refractivity contribution >= 4 is 34.1 Å². The maximum Gasteiger partial charge on any atom is 0.239 e. The van der Waals surface area contributed by atoms with Gasteiger partial charge < -0.3 is 9.88 Å². The highest BCUT2D eigenvalue weighted by molar-refractivity contribution is 8.00. The second-order valence-electron chi connectivity index (χ2n) is 5.24. The SMILES string of the molecule is Cc1nnc(S[C@@H](C)C(=O)Nc2nc(-c3ccccc3)cs2)n1C.